The van der Waals surface area contributed by atoms with E-state index in [2.05, 4.69) is 19.2 Å². The molecule has 0 N–H and O–H groups in total. The molecule has 0 aliphatic carbocycles. The Bertz CT molecular complexity index is 1710. The Morgan fingerprint density at radius 1 is 0.660 bits per heavy atom. The zero-order chi connectivity index (χ0) is 38.6. The topological polar surface area (TPSA) is 147 Å². The van der Waals surface area contributed by atoms with Gasteiger partial charge in [0.05, 0.1) is 69.1 Å². The van der Waals surface area contributed by atoms with Crippen molar-refractivity contribution in [2.45, 2.75) is 45.3 Å². The lowest BCUT2D eigenvalue weighted by molar-refractivity contribution is -0.944. The van der Waals surface area contributed by atoms with Crippen LogP contribution in [-0.4, -0.2) is 125 Å². The average Bonchev–Trinajstić information content (AvgIpc) is 3.14. The molecular formula is C39H53N7O7+2. The van der Waals surface area contributed by atoms with Crippen molar-refractivity contribution in [1.29, 1.82) is 0 Å². The van der Waals surface area contributed by atoms with Crippen LogP contribution in [-0.2, 0) is 34.0 Å². The number of quaternary nitrogens is 2. The maximum absolute atomic E-state index is 13.3. The van der Waals surface area contributed by atoms with Gasteiger partial charge in [0, 0.05) is 62.1 Å². The molecule has 1 unspecified atom stereocenters. The minimum absolute atomic E-state index is 0.0366. The molecule has 1 heterocycles. The highest BCUT2D eigenvalue weighted by Crippen LogP contribution is 2.25. The second-order valence-electron chi connectivity index (χ2n) is 14.8. The maximum atomic E-state index is 13.3. The van der Waals surface area contributed by atoms with E-state index in [4.69, 9.17) is 0 Å². The smallest absolute Gasteiger partial charge is 0.269 e. The van der Waals surface area contributed by atoms with Gasteiger partial charge in [-0.1, -0.05) is 30.3 Å². The Balaban J connectivity index is 1.28. The Labute approximate surface area is 311 Å². The molecular weight excluding hydrogens is 678 g/mol. The third-order valence-electron chi connectivity index (χ3n) is 10.3. The summed E-state index contributed by atoms with van der Waals surface area (Å²) in [6, 6.07) is 23.2. The van der Waals surface area contributed by atoms with Gasteiger partial charge in [-0.2, -0.15) is 0 Å². The van der Waals surface area contributed by atoms with Crippen LogP contribution in [0.15, 0.2) is 78.9 Å². The lowest BCUT2D eigenvalue weighted by Crippen LogP contribution is -2.52. The highest BCUT2D eigenvalue weighted by Gasteiger charge is 2.32. The molecule has 3 aromatic rings. The van der Waals surface area contributed by atoms with Gasteiger partial charge < -0.3 is 23.7 Å². The molecule has 14 heteroatoms. The normalized spacial score (nSPS) is 14.8. The van der Waals surface area contributed by atoms with Crippen molar-refractivity contribution in [2.75, 3.05) is 74.0 Å². The standard InChI is InChI=1S/C39H53N7O7/c1-40(22-26-45(4,29-32-11-7-5-8-12-32)30-33-13-17-35(18-14-33)43(50)51)38(48)27-42(3)39(49)28-41(2)37(47)21-25-46(23-9-6-10-24-46)31-34-15-19-36(20-16-34)44(52)53/h5,7-8,11-20H,6,9-10,21-31H2,1-4H3/q+2. The summed E-state index contributed by atoms with van der Waals surface area (Å²) < 4.78 is 1.28. The number of carbonyl (C=O) groups excluding carboxylic acids is 3. The van der Waals surface area contributed by atoms with Gasteiger partial charge in [0.25, 0.3) is 11.4 Å². The molecule has 3 aromatic carbocycles. The van der Waals surface area contributed by atoms with Gasteiger partial charge in [-0.25, -0.2) is 0 Å². The van der Waals surface area contributed by atoms with Gasteiger partial charge in [-0.3, -0.25) is 34.6 Å². The molecule has 0 radical (unpaired) electrons. The summed E-state index contributed by atoms with van der Waals surface area (Å²) in [5.41, 5.74) is 3.16. The Morgan fingerprint density at radius 3 is 1.66 bits per heavy atom. The average molecular weight is 732 g/mol. The van der Waals surface area contributed by atoms with Crippen molar-refractivity contribution < 1.29 is 33.2 Å². The quantitative estimate of drug-likeness (QED) is 0.105. The summed E-state index contributed by atoms with van der Waals surface area (Å²) in [6.45, 7) is 5.20. The van der Waals surface area contributed by atoms with Crippen LogP contribution in [0.4, 0.5) is 11.4 Å². The summed E-state index contributed by atoms with van der Waals surface area (Å²) in [6.07, 6.45) is 3.50. The van der Waals surface area contributed by atoms with Gasteiger partial charge in [0.1, 0.15) is 19.6 Å². The van der Waals surface area contributed by atoms with Crippen molar-refractivity contribution in [1.82, 2.24) is 14.7 Å². The van der Waals surface area contributed by atoms with Crippen LogP contribution < -0.4 is 0 Å². The van der Waals surface area contributed by atoms with Gasteiger partial charge in [-0.15, -0.1) is 0 Å². The van der Waals surface area contributed by atoms with E-state index in [1.54, 1.807) is 50.3 Å². The van der Waals surface area contributed by atoms with E-state index >= 15 is 0 Å². The van der Waals surface area contributed by atoms with Gasteiger partial charge in [-0.05, 0) is 43.5 Å². The van der Waals surface area contributed by atoms with Crippen LogP contribution >= 0.6 is 0 Å². The second-order valence-corrected chi connectivity index (χ2v) is 14.8. The molecule has 0 saturated carbocycles. The number of likely N-dealkylation sites (N-methyl/N-ethyl adjacent to an activating group) is 4. The molecule has 0 spiro atoms. The molecule has 53 heavy (non-hydrogen) atoms. The van der Waals surface area contributed by atoms with E-state index in [1.807, 2.05) is 18.2 Å². The summed E-state index contributed by atoms with van der Waals surface area (Å²) in [7, 11) is 6.98. The maximum Gasteiger partial charge on any atom is 0.269 e. The van der Waals surface area contributed by atoms with Gasteiger partial charge in [0.2, 0.25) is 17.7 Å². The Hall–Kier alpha value is -5.21. The fourth-order valence-electron chi connectivity index (χ4n) is 7.02. The molecule has 284 valence electrons. The first-order valence-electron chi connectivity index (χ1n) is 18.1. The minimum Gasteiger partial charge on any atom is -0.339 e. The highest BCUT2D eigenvalue weighted by atomic mass is 16.6. The number of amides is 3. The molecule has 1 aliphatic heterocycles. The number of hydrogen-bond donors (Lipinski definition) is 0. The third kappa shape index (κ3) is 12.2. The number of nitrogens with zero attached hydrogens (tertiary/aromatic N) is 7. The SMILES string of the molecule is CN(CC[N+](C)(Cc1ccccc1)Cc1ccc([N+](=O)[O-])cc1)C(=O)CN(C)C(=O)CN(C)C(=O)CC[N+]1(Cc2ccc([N+](=O)[O-])cc2)CCCCC1. The number of non-ortho nitro benzene ring substituents is 2. The third-order valence-corrected chi connectivity index (χ3v) is 10.3. The first kappa shape index (κ1) is 40.6. The van der Waals surface area contributed by atoms with Crippen molar-refractivity contribution in [3.8, 4) is 0 Å². The Morgan fingerprint density at radius 2 is 1.13 bits per heavy atom. The number of nitro benzene ring substituents is 2. The fourth-order valence-corrected chi connectivity index (χ4v) is 7.02. The van der Waals surface area contributed by atoms with E-state index in [-0.39, 0.29) is 48.6 Å². The van der Waals surface area contributed by atoms with Crippen LogP contribution in [0.5, 0.6) is 0 Å². The van der Waals surface area contributed by atoms with Crippen LogP contribution in [0.3, 0.4) is 0 Å². The molecule has 0 aromatic heterocycles. The summed E-state index contributed by atoms with van der Waals surface area (Å²) in [5, 5.41) is 22.2. The first-order chi connectivity index (χ1) is 25.2. The number of rotatable bonds is 18. The predicted molar refractivity (Wildman–Crippen MR) is 201 cm³/mol. The number of benzene rings is 3. The van der Waals surface area contributed by atoms with Crippen LogP contribution in [0.1, 0.15) is 42.4 Å². The van der Waals surface area contributed by atoms with Crippen LogP contribution in [0.2, 0.25) is 0 Å². The largest absolute Gasteiger partial charge is 0.339 e. The lowest BCUT2D eigenvalue weighted by Gasteiger charge is -2.42. The molecule has 0 bridgehead atoms. The number of likely N-dealkylation sites (tertiary alicyclic amines) is 1. The summed E-state index contributed by atoms with van der Waals surface area (Å²) >= 11 is 0. The minimum atomic E-state index is -0.416. The monoisotopic (exact) mass is 731 g/mol. The summed E-state index contributed by atoms with van der Waals surface area (Å²) in [4.78, 5) is 65.5. The molecule has 1 aliphatic rings. The zero-order valence-corrected chi connectivity index (χ0v) is 31.4. The fraction of sp³-hybridized carbons (Fsp3) is 0.462. The number of carbonyl (C=O) groups is 3. The van der Waals surface area contributed by atoms with Crippen molar-refractivity contribution in [2.24, 2.45) is 0 Å². The van der Waals surface area contributed by atoms with Crippen LogP contribution in [0.25, 0.3) is 0 Å². The van der Waals surface area contributed by atoms with E-state index in [0.717, 1.165) is 53.5 Å². The number of piperidine rings is 1. The first-order valence-corrected chi connectivity index (χ1v) is 18.1. The van der Waals surface area contributed by atoms with Gasteiger partial charge >= 0.3 is 0 Å². The summed E-state index contributed by atoms with van der Waals surface area (Å²) in [5.74, 6) is -0.706. The van der Waals surface area contributed by atoms with Crippen molar-refractivity contribution in [3.05, 3.63) is 116 Å². The van der Waals surface area contributed by atoms with E-state index in [0.29, 0.717) is 43.8 Å². The molecule has 1 fully saturated rings. The molecule has 14 nitrogen and oxygen atoms in total. The van der Waals surface area contributed by atoms with E-state index in [9.17, 15) is 34.6 Å². The Kier molecular flexibility index (Phi) is 14.2. The second kappa shape index (κ2) is 18.5. The zero-order valence-electron chi connectivity index (χ0n) is 31.4. The van der Waals surface area contributed by atoms with Gasteiger partial charge in [0.15, 0.2) is 0 Å². The van der Waals surface area contributed by atoms with Crippen molar-refractivity contribution >= 4 is 29.1 Å². The molecule has 1 atom stereocenters. The predicted octanol–water partition coefficient (Wildman–Crippen LogP) is 4.62. The van der Waals surface area contributed by atoms with Crippen LogP contribution in [0, 0.1) is 20.2 Å². The van der Waals surface area contributed by atoms with E-state index < -0.39 is 9.85 Å². The molecule has 1 saturated heterocycles. The number of hydrogen-bond acceptors (Lipinski definition) is 7. The van der Waals surface area contributed by atoms with E-state index in [1.165, 1.54) is 34.1 Å². The molecule has 3 amide bonds. The lowest BCUT2D eigenvalue weighted by atomic mass is 10.0. The van der Waals surface area contributed by atoms with Crippen molar-refractivity contribution in [3.63, 3.8) is 0 Å². The number of nitro groups is 2. The molecule has 4 rings (SSSR count). The highest BCUT2D eigenvalue weighted by molar-refractivity contribution is 5.88.